The molecule has 0 unspecified atom stereocenters. The quantitative estimate of drug-likeness (QED) is 0.705. The molecule has 1 aromatic carbocycles. The van der Waals surface area contributed by atoms with Gasteiger partial charge < -0.3 is 15.0 Å². The number of nitrogens with one attached hydrogen (secondary N) is 3. The van der Waals surface area contributed by atoms with Crippen molar-refractivity contribution in [2.45, 2.75) is 26.7 Å². The molecule has 0 atom stereocenters. The zero-order valence-electron chi connectivity index (χ0n) is 14.1. The molecule has 0 aliphatic rings. The summed E-state index contributed by atoms with van der Waals surface area (Å²) >= 11 is 0. The Labute approximate surface area is 143 Å². The molecule has 1 amide bonds. The number of H-pyrrole nitrogens is 2. The summed E-state index contributed by atoms with van der Waals surface area (Å²) in [4.78, 5) is 50.4. The van der Waals surface area contributed by atoms with Crippen LogP contribution in [0.3, 0.4) is 0 Å². The van der Waals surface area contributed by atoms with E-state index in [0.29, 0.717) is 5.69 Å². The summed E-state index contributed by atoms with van der Waals surface area (Å²) in [5.41, 5.74) is 0.543. The third-order valence-electron chi connectivity index (χ3n) is 3.57. The van der Waals surface area contributed by atoms with Gasteiger partial charge in [0.25, 0.3) is 11.5 Å². The SMILES string of the molecule is Cc1cccc(C(C)C)c1NC(=O)COC(=O)c1c[nH]c(=O)[nH]c1=O. The number of amides is 1. The van der Waals surface area contributed by atoms with Gasteiger partial charge in [0, 0.05) is 11.9 Å². The summed E-state index contributed by atoms with van der Waals surface area (Å²) in [5, 5.41) is 2.73. The minimum atomic E-state index is -0.999. The summed E-state index contributed by atoms with van der Waals surface area (Å²) < 4.78 is 4.83. The van der Waals surface area contributed by atoms with Gasteiger partial charge in [-0.3, -0.25) is 14.6 Å². The molecule has 8 heteroatoms. The number of aryl methyl sites for hydroxylation is 1. The molecule has 0 fully saturated rings. The number of carbonyl (C=O) groups is 2. The van der Waals surface area contributed by atoms with Crippen LogP contribution in [0.2, 0.25) is 0 Å². The maximum Gasteiger partial charge on any atom is 0.345 e. The van der Waals surface area contributed by atoms with E-state index in [-0.39, 0.29) is 11.5 Å². The number of esters is 1. The molecule has 2 rings (SSSR count). The van der Waals surface area contributed by atoms with Crippen molar-refractivity contribution in [2.75, 3.05) is 11.9 Å². The van der Waals surface area contributed by atoms with Gasteiger partial charge >= 0.3 is 11.7 Å². The Balaban J connectivity index is 2.05. The first-order valence-electron chi connectivity index (χ1n) is 7.68. The third kappa shape index (κ3) is 4.43. The second-order valence-corrected chi connectivity index (χ2v) is 5.80. The number of ether oxygens (including phenoxy) is 1. The second-order valence-electron chi connectivity index (χ2n) is 5.80. The molecular formula is C17H19N3O5. The zero-order valence-corrected chi connectivity index (χ0v) is 14.1. The van der Waals surface area contributed by atoms with E-state index in [1.165, 1.54) is 0 Å². The van der Waals surface area contributed by atoms with Crippen LogP contribution in [0.4, 0.5) is 5.69 Å². The standard InChI is InChI=1S/C17H19N3O5/c1-9(2)11-6-4-5-10(3)14(11)19-13(21)8-25-16(23)12-7-18-17(24)20-15(12)22/h4-7,9H,8H2,1-3H3,(H,19,21)(H2,18,20,22,24). The van der Waals surface area contributed by atoms with Gasteiger partial charge in [-0.2, -0.15) is 0 Å². The minimum Gasteiger partial charge on any atom is -0.452 e. The molecule has 0 aliphatic carbocycles. The Morgan fingerprint density at radius 2 is 1.96 bits per heavy atom. The number of benzene rings is 1. The molecule has 1 aromatic heterocycles. The molecule has 0 radical (unpaired) electrons. The smallest absolute Gasteiger partial charge is 0.345 e. The molecule has 25 heavy (non-hydrogen) atoms. The third-order valence-corrected chi connectivity index (χ3v) is 3.57. The van der Waals surface area contributed by atoms with Gasteiger partial charge in [0.1, 0.15) is 5.56 Å². The van der Waals surface area contributed by atoms with Crippen molar-refractivity contribution in [3.63, 3.8) is 0 Å². The lowest BCUT2D eigenvalue weighted by molar-refractivity contribution is -0.119. The lowest BCUT2D eigenvalue weighted by atomic mass is 9.98. The van der Waals surface area contributed by atoms with Crippen molar-refractivity contribution in [1.29, 1.82) is 0 Å². The molecular weight excluding hydrogens is 326 g/mol. The van der Waals surface area contributed by atoms with E-state index in [1.807, 2.05) is 44.0 Å². The molecule has 3 N–H and O–H groups in total. The second kappa shape index (κ2) is 7.61. The van der Waals surface area contributed by atoms with Crippen LogP contribution in [-0.2, 0) is 9.53 Å². The van der Waals surface area contributed by atoms with Crippen molar-refractivity contribution < 1.29 is 14.3 Å². The molecule has 0 saturated heterocycles. The summed E-state index contributed by atoms with van der Waals surface area (Å²) in [6.45, 7) is 5.33. The van der Waals surface area contributed by atoms with Crippen LogP contribution < -0.4 is 16.6 Å². The monoisotopic (exact) mass is 345 g/mol. The highest BCUT2D eigenvalue weighted by Crippen LogP contribution is 2.27. The number of aromatic amines is 2. The first-order chi connectivity index (χ1) is 11.8. The first kappa shape index (κ1) is 18.2. The van der Waals surface area contributed by atoms with Gasteiger partial charge in [-0.1, -0.05) is 32.0 Å². The highest BCUT2D eigenvalue weighted by molar-refractivity contribution is 5.96. The van der Waals surface area contributed by atoms with E-state index < -0.39 is 29.7 Å². The van der Waals surface area contributed by atoms with Crippen molar-refractivity contribution in [2.24, 2.45) is 0 Å². The number of hydrogen-bond donors (Lipinski definition) is 3. The van der Waals surface area contributed by atoms with Gasteiger partial charge in [0.05, 0.1) is 0 Å². The Hall–Kier alpha value is -3.16. The topological polar surface area (TPSA) is 121 Å². The van der Waals surface area contributed by atoms with Crippen molar-refractivity contribution in [1.82, 2.24) is 9.97 Å². The minimum absolute atomic E-state index is 0.206. The first-order valence-corrected chi connectivity index (χ1v) is 7.68. The number of carbonyl (C=O) groups excluding carboxylic acids is 2. The average Bonchev–Trinajstić information content (AvgIpc) is 2.54. The fraction of sp³-hybridized carbons (Fsp3) is 0.294. The lowest BCUT2D eigenvalue weighted by Gasteiger charge is -2.16. The number of para-hydroxylation sites is 1. The normalized spacial score (nSPS) is 10.6. The molecule has 8 nitrogen and oxygen atoms in total. The highest BCUT2D eigenvalue weighted by atomic mass is 16.5. The molecule has 0 spiro atoms. The largest absolute Gasteiger partial charge is 0.452 e. The van der Waals surface area contributed by atoms with Gasteiger partial charge in [-0.25, -0.2) is 9.59 Å². The van der Waals surface area contributed by atoms with Crippen molar-refractivity contribution in [3.8, 4) is 0 Å². The van der Waals surface area contributed by atoms with Gasteiger partial charge in [-0.15, -0.1) is 0 Å². The number of hydrogen-bond acceptors (Lipinski definition) is 5. The van der Waals surface area contributed by atoms with Crippen molar-refractivity contribution >= 4 is 17.6 Å². The maximum absolute atomic E-state index is 12.1. The summed E-state index contributed by atoms with van der Waals surface area (Å²) in [6, 6.07) is 5.69. The van der Waals surface area contributed by atoms with Crippen LogP contribution in [0.25, 0.3) is 0 Å². The van der Waals surface area contributed by atoms with E-state index >= 15 is 0 Å². The van der Waals surface area contributed by atoms with E-state index in [4.69, 9.17) is 4.74 Å². The van der Waals surface area contributed by atoms with E-state index in [2.05, 4.69) is 10.3 Å². The fourth-order valence-corrected chi connectivity index (χ4v) is 2.29. The van der Waals surface area contributed by atoms with Gasteiger partial charge in [0.15, 0.2) is 6.61 Å². The van der Waals surface area contributed by atoms with Crippen LogP contribution in [0, 0.1) is 6.92 Å². The van der Waals surface area contributed by atoms with Crippen LogP contribution >= 0.6 is 0 Å². The van der Waals surface area contributed by atoms with E-state index in [9.17, 15) is 19.2 Å². The van der Waals surface area contributed by atoms with Crippen LogP contribution in [0.15, 0.2) is 34.0 Å². The predicted octanol–water partition coefficient (Wildman–Crippen LogP) is 1.29. The Morgan fingerprint density at radius 1 is 1.24 bits per heavy atom. The molecule has 1 heterocycles. The summed E-state index contributed by atoms with van der Waals surface area (Å²) in [7, 11) is 0. The summed E-state index contributed by atoms with van der Waals surface area (Å²) in [5.74, 6) is -1.32. The molecule has 0 aliphatic heterocycles. The molecule has 132 valence electrons. The van der Waals surface area contributed by atoms with Gasteiger partial charge in [0.2, 0.25) is 0 Å². The van der Waals surface area contributed by atoms with E-state index in [0.717, 1.165) is 17.3 Å². The Bertz CT molecular complexity index is 911. The number of anilines is 1. The number of rotatable bonds is 5. The van der Waals surface area contributed by atoms with Crippen LogP contribution in [0.1, 0.15) is 41.3 Å². The average molecular weight is 345 g/mol. The van der Waals surface area contributed by atoms with E-state index in [1.54, 1.807) is 0 Å². The van der Waals surface area contributed by atoms with Gasteiger partial charge in [-0.05, 0) is 24.0 Å². The van der Waals surface area contributed by atoms with Crippen molar-refractivity contribution in [3.05, 3.63) is 61.9 Å². The molecule has 0 bridgehead atoms. The molecule has 0 saturated carbocycles. The fourth-order valence-electron chi connectivity index (χ4n) is 2.29. The maximum atomic E-state index is 12.1. The van der Waals surface area contributed by atoms with Crippen LogP contribution in [-0.4, -0.2) is 28.5 Å². The predicted molar refractivity (Wildman–Crippen MR) is 91.9 cm³/mol. The van der Waals surface area contributed by atoms with Crippen LogP contribution in [0.5, 0.6) is 0 Å². The molecule has 2 aromatic rings. The Kier molecular flexibility index (Phi) is 5.53. The highest BCUT2D eigenvalue weighted by Gasteiger charge is 2.16. The number of aromatic nitrogens is 2. The summed E-state index contributed by atoms with van der Waals surface area (Å²) in [6.07, 6.45) is 0.944. The zero-order chi connectivity index (χ0) is 18.6. The lowest BCUT2D eigenvalue weighted by Crippen LogP contribution is -2.29. The Morgan fingerprint density at radius 3 is 2.60 bits per heavy atom.